The second-order valence-electron chi connectivity index (χ2n) is 6.54. The largest absolute Gasteiger partial charge is 0.375 e. The predicted octanol–water partition coefficient (Wildman–Crippen LogP) is 2.02. The second kappa shape index (κ2) is 5.89. The first-order valence-corrected chi connectivity index (χ1v) is 7.92. The molecule has 0 aromatic carbocycles. The number of morpholine rings is 1. The molecule has 1 heterocycles. The molecule has 3 unspecified atom stereocenters. The Kier molecular flexibility index (Phi) is 4.22. The zero-order chi connectivity index (χ0) is 12.4. The van der Waals surface area contributed by atoms with Crippen LogP contribution in [0.5, 0.6) is 0 Å². The molecule has 3 fully saturated rings. The third-order valence-electron chi connectivity index (χ3n) is 4.73. The quantitative estimate of drug-likeness (QED) is 0.810. The Balaban J connectivity index is 1.47. The first-order chi connectivity index (χ1) is 8.83. The van der Waals surface area contributed by atoms with Crippen LogP contribution in [-0.4, -0.2) is 49.3 Å². The van der Waals surface area contributed by atoms with Crippen molar-refractivity contribution in [2.24, 2.45) is 5.92 Å². The molecule has 0 radical (unpaired) electrons. The van der Waals surface area contributed by atoms with Crippen molar-refractivity contribution in [3.8, 4) is 0 Å². The van der Waals surface area contributed by atoms with E-state index in [4.69, 9.17) is 4.74 Å². The maximum atomic E-state index is 5.94. The van der Waals surface area contributed by atoms with Crippen molar-refractivity contribution in [3.05, 3.63) is 0 Å². The van der Waals surface area contributed by atoms with E-state index in [0.717, 1.165) is 31.2 Å². The van der Waals surface area contributed by atoms with Crippen molar-refractivity contribution in [1.29, 1.82) is 0 Å². The average molecular weight is 252 g/mol. The highest BCUT2D eigenvalue weighted by Crippen LogP contribution is 2.29. The van der Waals surface area contributed by atoms with Gasteiger partial charge in [0.15, 0.2) is 0 Å². The first kappa shape index (κ1) is 12.9. The summed E-state index contributed by atoms with van der Waals surface area (Å²) in [5.74, 6) is 0.770. The average Bonchev–Trinajstić information content (AvgIpc) is 3.21. The molecule has 3 heteroatoms. The smallest absolute Gasteiger partial charge is 0.0730 e. The standard InChI is InChI=1S/C15H28N2O/c1-12(10-16-13-6-7-13)11-17-8-9-18-15-5-3-2-4-14(15)17/h12-16H,2-11H2,1H3. The van der Waals surface area contributed by atoms with Crippen LogP contribution < -0.4 is 5.32 Å². The van der Waals surface area contributed by atoms with Gasteiger partial charge >= 0.3 is 0 Å². The highest BCUT2D eigenvalue weighted by molar-refractivity contribution is 4.88. The van der Waals surface area contributed by atoms with E-state index in [1.165, 1.54) is 51.6 Å². The van der Waals surface area contributed by atoms with E-state index in [2.05, 4.69) is 17.1 Å². The van der Waals surface area contributed by atoms with Crippen molar-refractivity contribution < 1.29 is 4.74 Å². The normalized spacial score (nSPS) is 35.2. The molecule has 3 aliphatic rings. The fraction of sp³-hybridized carbons (Fsp3) is 1.00. The molecule has 0 spiro atoms. The van der Waals surface area contributed by atoms with Crippen LogP contribution in [0.25, 0.3) is 0 Å². The molecule has 0 aromatic rings. The van der Waals surface area contributed by atoms with E-state index >= 15 is 0 Å². The molecule has 0 aromatic heterocycles. The molecule has 18 heavy (non-hydrogen) atoms. The van der Waals surface area contributed by atoms with Crippen LogP contribution in [0.15, 0.2) is 0 Å². The lowest BCUT2D eigenvalue weighted by atomic mass is 9.89. The third kappa shape index (κ3) is 3.25. The van der Waals surface area contributed by atoms with Crippen LogP contribution in [0.4, 0.5) is 0 Å². The summed E-state index contributed by atoms with van der Waals surface area (Å²) in [7, 11) is 0. The monoisotopic (exact) mass is 252 g/mol. The Morgan fingerprint density at radius 2 is 2.06 bits per heavy atom. The van der Waals surface area contributed by atoms with Gasteiger partial charge in [-0.2, -0.15) is 0 Å². The lowest BCUT2D eigenvalue weighted by Crippen LogP contribution is -2.54. The molecule has 1 N–H and O–H groups in total. The molecule has 3 nitrogen and oxygen atoms in total. The summed E-state index contributed by atoms with van der Waals surface area (Å²) in [5, 5.41) is 3.66. The zero-order valence-corrected chi connectivity index (χ0v) is 11.7. The Labute approximate surface area is 111 Å². The van der Waals surface area contributed by atoms with Gasteiger partial charge in [0.25, 0.3) is 0 Å². The van der Waals surface area contributed by atoms with Crippen LogP contribution in [0.1, 0.15) is 45.4 Å². The minimum absolute atomic E-state index is 0.538. The molecule has 3 rings (SSSR count). The number of hydrogen-bond acceptors (Lipinski definition) is 3. The maximum absolute atomic E-state index is 5.94. The molecule has 1 saturated heterocycles. The summed E-state index contributed by atoms with van der Waals surface area (Å²) < 4.78 is 5.94. The van der Waals surface area contributed by atoms with Gasteiger partial charge in [-0.3, -0.25) is 4.90 Å². The fourth-order valence-electron chi connectivity index (χ4n) is 3.52. The first-order valence-electron chi connectivity index (χ1n) is 7.92. The topological polar surface area (TPSA) is 24.5 Å². The van der Waals surface area contributed by atoms with Crippen molar-refractivity contribution in [3.63, 3.8) is 0 Å². The third-order valence-corrected chi connectivity index (χ3v) is 4.73. The Hall–Kier alpha value is -0.120. The molecule has 0 amide bonds. The highest BCUT2D eigenvalue weighted by Gasteiger charge is 2.34. The zero-order valence-electron chi connectivity index (χ0n) is 11.7. The van der Waals surface area contributed by atoms with E-state index in [1.54, 1.807) is 0 Å². The molecule has 2 aliphatic carbocycles. The van der Waals surface area contributed by atoms with Crippen LogP contribution in [0.3, 0.4) is 0 Å². The van der Waals surface area contributed by atoms with Crippen LogP contribution in [0.2, 0.25) is 0 Å². The molecule has 1 aliphatic heterocycles. The van der Waals surface area contributed by atoms with Crippen molar-refractivity contribution in [1.82, 2.24) is 10.2 Å². The van der Waals surface area contributed by atoms with Gasteiger partial charge in [-0.25, -0.2) is 0 Å². The number of hydrogen-bond donors (Lipinski definition) is 1. The summed E-state index contributed by atoms with van der Waals surface area (Å²) >= 11 is 0. The molecular formula is C15H28N2O. The minimum atomic E-state index is 0.538. The van der Waals surface area contributed by atoms with Gasteiger partial charge in [0.1, 0.15) is 0 Å². The van der Waals surface area contributed by atoms with Gasteiger partial charge in [0.2, 0.25) is 0 Å². The van der Waals surface area contributed by atoms with Crippen LogP contribution in [0, 0.1) is 5.92 Å². The molecule has 2 saturated carbocycles. The van der Waals surface area contributed by atoms with E-state index in [1.807, 2.05) is 0 Å². The van der Waals surface area contributed by atoms with E-state index in [0.29, 0.717) is 6.10 Å². The van der Waals surface area contributed by atoms with Gasteiger partial charge in [-0.1, -0.05) is 19.8 Å². The summed E-state index contributed by atoms with van der Waals surface area (Å²) in [6.07, 6.45) is 8.74. The highest BCUT2D eigenvalue weighted by atomic mass is 16.5. The number of nitrogens with one attached hydrogen (secondary N) is 1. The summed E-state index contributed by atoms with van der Waals surface area (Å²) in [4.78, 5) is 2.71. The Morgan fingerprint density at radius 1 is 1.22 bits per heavy atom. The van der Waals surface area contributed by atoms with Gasteiger partial charge in [0, 0.05) is 25.2 Å². The predicted molar refractivity (Wildman–Crippen MR) is 73.8 cm³/mol. The number of fused-ring (bicyclic) bond motifs is 1. The van der Waals surface area contributed by atoms with Gasteiger partial charge in [-0.15, -0.1) is 0 Å². The molecule has 0 bridgehead atoms. The van der Waals surface area contributed by atoms with E-state index in [9.17, 15) is 0 Å². The molecule has 104 valence electrons. The Morgan fingerprint density at radius 3 is 2.89 bits per heavy atom. The lowest BCUT2D eigenvalue weighted by molar-refractivity contribution is -0.0913. The van der Waals surface area contributed by atoms with Crippen LogP contribution in [-0.2, 0) is 4.74 Å². The summed E-state index contributed by atoms with van der Waals surface area (Å²) in [5.41, 5.74) is 0. The number of rotatable bonds is 5. The Bertz CT molecular complexity index is 265. The molecular weight excluding hydrogens is 224 g/mol. The van der Waals surface area contributed by atoms with E-state index < -0.39 is 0 Å². The summed E-state index contributed by atoms with van der Waals surface area (Å²) in [6.45, 7) is 6.94. The summed E-state index contributed by atoms with van der Waals surface area (Å²) in [6, 6.07) is 1.57. The maximum Gasteiger partial charge on any atom is 0.0730 e. The number of ether oxygens (including phenoxy) is 1. The minimum Gasteiger partial charge on any atom is -0.375 e. The van der Waals surface area contributed by atoms with Crippen LogP contribution >= 0.6 is 0 Å². The SMILES string of the molecule is CC(CNC1CC1)CN1CCOC2CCCCC21. The van der Waals surface area contributed by atoms with Crippen molar-refractivity contribution >= 4 is 0 Å². The van der Waals surface area contributed by atoms with Gasteiger partial charge in [0.05, 0.1) is 12.7 Å². The molecule has 3 atom stereocenters. The second-order valence-corrected chi connectivity index (χ2v) is 6.54. The lowest BCUT2D eigenvalue weighted by Gasteiger charge is -2.44. The number of nitrogens with zero attached hydrogens (tertiary/aromatic N) is 1. The van der Waals surface area contributed by atoms with Crippen molar-refractivity contribution in [2.45, 2.75) is 63.6 Å². The van der Waals surface area contributed by atoms with Crippen molar-refractivity contribution in [2.75, 3.05) is 26.2 Å². The van der Waals surface area contributed by atoms with E-state index in [-0.39, 0.29) is 0 Å². The van der Waals surface area contributed by atoms with Gasteiger partial charge in [-0.05, 0) is 38.1 Å². The fourth-order valence-corrected chi connectivity index (χ4v) is 3.52. The van der Waals surface area contributed by atoms with Gasteiger partial charge < -0.3 is 10.1 Å².